The maximum atomic E-state index is 13.4. The Kier molecular flexibility index (Phi) is 4.47. The molecule has 0 heterocycles. The minimum atomic E-state index is -0.641. The van der Waals surface area contributed by atoms with Crippen LogP contribution in [0.3, 0.4) is 0 Å². The first kappa shape index (κ1) is 14.6. The van der Waals surface area contributed by atoms with Crippen LogP contribution in [0.25, 0.3) is 11.1 Å². The van der Waals surface area contributed by atoms with E-state index in [1.165, 1.54) is 25.3 Å². The molecule has 0 aliphatic carbocycles. The molecule has 20 heavy (non-hydrogen) atoms. The van der Waals surface area contributed by atoms with Crippen molar-refractivity contribution in [2.75, 3.05) is 12.4 Å². The second-order valence-electron chi connectivity index (χ2n) is 3.94. The van der Waals surface area contributed by atoms with Crippen molar-refractivity contribution in [3.63, 3.8) is 0 Å². The van der Waals surface area contributed by atoms with E-state index >= 15 is 0 Å². The van der Waals surface area contributed by atoms with Crippen LogP contribution >= 0.6 is 23.2 Å². The Morgan fingerprint density at radius 2 is 1.90 bits per heavy atom. The number of anilines is 1. The summed E-state index contributed by atoms with van der Waals surface area (Å²) in [6.07, 6.45) is -0.641. The zero-order valence-corrected chi connectivity index (χ0v) is 11.9. The van der Waals surface area contributed by atoms with E-state index in [2.05, 4.69) is 10.1 Å². The molecule has 0 saturated heterocycles. The molecule has 0 unspecified atom stereocenters. The highest BCUT2D eigenvalue weighted by Crippen LogP contribution is 2.33. The monoisotopic (exact) mass is 313 g/mol. The van der Waals surface area contributed by atoms with Crippen molar-refractivity contribution in [2.45, 2.75) is 0 Å². The number of hydrogen-bond donors (Lipinski definition) is 1. The molecule has 0 aliphatic heterocycles. The van der Waals surface area contributed by atoms with Crippen LogP contribution in [0.4, 0.5) is 14.9 Å². The predicted molar refractivity (Wildman–Crippen MR) is 77.9 cm³/mol. The number of benzene rings is 2. The lowest BCUT2D eigenvalue weighted by atomic mass is 10.0. The molecule has 2 aromatic carbocycles. The highest BCUT2D eigenvalue weighted by Gasteiger charge is 2.11. The third-order valence-corrected chi connectivity index (χ3v) is 3.37. The third-order valence-electron chi connectivity index (χ3n) is 2.63. The second-order valence-corrected chi connectivity index (χ2v) is 4.75. The highest BCUT2D eigenvalue weighted by atomic mass is 35.5. The summed E-state index contributed by atoms with van der Waals surface area (Å²) in [6, 6.07) is 8.87. The molecule has 0 atom stereocenters. The Hall–Kier alpha value is -1.78. The van der Waals surface area contributed by atoms with Gasteiger partial charge >= 0.3 is 6.09 Å². The molecule has 0 aliphatic rings. The first-order chi connectivity index (χ1) is 9.51. The van der Waals surface area contributed by atoms with Gasteiger partial charge in [-0.25, -0.2) is 9.18 Å². The summed E-state index contributed by atoms with van der Waals surface area (Å²) >= 11 is 11.8. The molecule has 0 saturated carbocycles. The average Bonchev–Trinajstić information content (AvgIpc) is 2.43. The van der Waals surface area contributed by atoms with Crippen LogP contribution in [0.15, 0.2) is 36.4 Å². The summed E-state index contributed by atoms with van der Waals surface area (Å²) in [4.78, 5) is 11.3. The molecule has 0 spiro atoms. The van der Waals surface area contributed by atoms with E-state index in [0.717, 1.165) is 0 Å². The van der Waals surface area contributed by atoms with Crippen molar-refractivity contribution in [3.8, 4) is 11.1 Å². The molecule has 6 heteroatoms. The van der Waals surface area contributed by atoms with Gasteiger partial charge in [-0.3, -0.25) is 5.32 Å². The number of carbonyl (C=O) groups is 1. The van der Waals surface area contributed by atoms with Gasteiger partial charge in [0.15, 0.2) is 0 Å². The normalized spacial score (nSPS) is 10.2. The van der Waals surface area contributed by atoms with E-state index in [0.29, 0.717) is 26.9 Å². The van der Waals surface area contributed by atoms with Crippen molar-refractivity contribution in [1.82, 2.24) is 0 Å². The van der Waals surface area contributed by atoms with Gasteiger partial charge in [0.1, 0.15) is 5.82 Å². The molecule has 0 fully saturated rings. The quantitative estimate of drug-likeness (QED) is 0.849. The standard InChI is InChI=1S/C14H10Cl2FNO2/c1-20-14(19)18-13-5-3-9(17)7-10(13)8-2-4-11(15)12(16)6-8/h2-7H,1H3,(H,18,19). The fraction of sp³-hybridized carbons (Fsp3) is 0.0714. The first-order valence-corrected chi connectivity index (χ1v) is 6.37. The maximum absolute atomic E-state index is 13.4. The van der Waals surface area contributed by atoms with E-state index in [4.69, 9.17) is 23.2 Å². The largest absolute Gasteiger partial charge is 0.453 e. The van der Waals surface area contributed by atoms with Gasteiger partial charge in [-0.05, 0) is 35.9 Å². The Labute approximate surface area is 125 Å². The summed E-state index contributed by atoms with van der Waals surface area (Å²) in [5.74, 6) is -0.429. The van der Waals surface area contributed by atoms with Crippen molar-refractivity contribution in [3.05, 3.63) is 52.3 Å². The number of amides is 1. The predicted octanol–water partition coefficient (Wildman–Crippen LogP) is 4.98. The van der Waals surface area contributed by atoms with Crippen molar-refractivity contribution in [2.24, 2.45) is 0 Å². The van der Waals surface area contributed by atoms with Gasteiger partial charge in [-0.2, -0.15) is 0 Å². The molecule has 2 rings (SSSR count). The van der Waals surface area contributed by atoms with Gasteiger partial charge in [-0.1, -0.05) is 29.3 Å². The van der Waals surface area contributed by atoms with Crippen molar-refractivity contribution < 1.29 is 13.9 Å². The number of halogens is 3. The van der Waals surface area contributed by atoms with Crippen LogP contribution in [0.2, 0.25) is 10.0 Å². The van der Waals surface area contributed by atoms with Gasteiger partial charge in [0, 0.05) is 5.56 Å². The van der Waals surface area contributed by atoms with Crippen molar-refractivity contribution >= 4 is 35.0 Å². The lowest BCUT2D eigenvalue weighted by Crippen LogP contribution is -2.11. The summed E-state index contributed by atoms with van der Waals surface area (Å²) in [7, 11) is 1.25. The van der Waals surface area contributed by atoms with Gasteiger partial charge < -0.3 is 4.74 Å². The molecular formula is C14H10Cl2FNO2. The number of ether oxygens (including phenoxy) is 1. The van der Waals surface area contributed by atoms with Crippen LogP contribution in [-0.4, -0.2) is 13.2 Å². The number of rotatable bonds is 2. The minimum absolute atomic E-state index is 0.345. The molecule has 104 valence electrons. The molecule has 1 amide bonds. The number of carbonyl (C=O) groups excluding carboxylic acids is 1. The van der Waals surface area contributed by atoms with E-state index in [9.17, 15) is 9.18 Å². The van der Waals surface area contributed by atoms with Gasteiger partial charge in [0.2, 0.25) is 0 Å². The van der Waals surface area contributed by atoms with E-state index < -0.39 is 11.9 Å². The summed E-state index contributed by atoms with van der Waals surface area (Å²) in [5, 5.41) is 3.26. The Bertz CT molecular complexity index is 662. The van der Waals surface area contributed by atoms with Gasteiger partial charge in [0.25, 0.3) is 0 Å². The fourth-order valence-electron chi connectivity index (χ4n) is 1.69. The first-order valence-electron chi connectivity index (χ1n) is 5.61. The Morgan fingerprint density at radius 3 is 2.55 bits per heavy atom. The Morgan fingerprint density at radius 1 is 1.15 bits per heavy atom. The molecular weight excluding hydrogens is 304 g/mol. The zero-order chi connectivity index (χ0) is 14.7. The van der Waals surface area contributed by atoms with Crippen LogP contribution in [0, 0.1) is 5.82 Å². The number of methoxy groups -OCH3 is 1. The summed E-state index contributed by atoms with van der Waals surface area (Å²) < 4.78 is 18.0. The lowest BCUT2D eigenvalue weighted by Gasteiger charge is -2.11. The van der Waals surface area contributed by atoms with Crippen LogP contribution in [0.5, 0.6) is 0 Å². The smallest absolute Gasteiger partial charge is 0.411 e. The zero-order valence-electron chi connectivity index (χ0n) is 10.4. The fourth-order valence-corrected chi connectivity index (χ4v) is 1.99. The third kappa shape index (κ3) is 3.21. The molecule has 0 bridgehead atoms. The van der Waals surface area contributed by atoms with Crippen LogP contribution in [-0.2, 0) is 4.74 Å². The van der Waals surface area contributed by atoms with E-state index in [-0.39, 0.29) is 0 Å². The van der Waals surface area contributed by atoms with Crippen LogP contribution in [0.1, 0.15) is 0 Å². The highest BCUT2D eigenvalue weighted by molar-refractivity contribution is 6.42. The molecule has 3 nitrogen and oxygen atoms in total. The van der Waals surface area contributed by atoms with E-state index in [1.807, 2.05) is 0 Å². The second kappa shape index (κ2) is 6.11. The number of nitrogens with one attached hydrogen (secondary N) is 1. The molecule has 2 aromatic rings. The summed E-state index contributed by atoms with van der Waals surface area (Å²) in [6.45, 7) is 0. The van der Waals surface area contributed by atoms with Gasteiger partial charge in [-0.15, -0.1) is 0 Å². The lowest BCUT2D eigenvalue weighted by molar-refractivity contribution is 0.187. The van der Waals surface area contributed by atoms with Crippen LogP contribution < -0.4 is 5.32 Å². The van der Waals surface area contributed by atoms with Crippen molar-refractivity contribution in [1.29, 1.82) is 0 Å². The molecule has 0 radical (unpaired) electrons. The summed E-state index contributed by atoms with van der Waals surface area (Å²) in [5.41, 5.74) is 1.52. The Balaban J connectivity index is 2.50. The average molecular weight is 314 g/mol. The minimum Gasteiger partial charge on any atom is -0.453 e. The van der Waals surface area contributed by atoms with E-state index in [1.54, 1.807) is 18.2 Å². The topological polar surface area (TPSA) is 38.3 Å². The molecule has 1 N–H and O–H groups in total. The number of hydrogen-bond acceptors (Lipinski definition) is 2. The van der Waals surface area contributed by atoms with Gasteiger partial charge in [0.05, 0.1) is 22.8 Å². The molecule has 0 aromatic heterocycles. The SMILES string of the molecule is COC(=O)Nc1ccc(F)cc1-c1ccc(Cl)c(Cl)c1. The maximum Gasteiger partial charge on any atom is 0.411 e.